The Balaban J connectivity index is 1.68. The number of aryl methyl sites for hydroxylation is 2. The van der Waals surface area contributed by atoms with Gasteiger partial charge in [0.15, 0.2) is 0 Å². The van der Waals surface area contributed by atoms with Gasteiger partial charge in [-0.15, -0.1) is 0 Å². The van der Waals surface area contributed by atoms with Gasteiger partial charge >= 0.3 is 0 Å². The lowest BCUT2D eigenvalue weighted by Crippen LogP contribution is -2.14. The van der Waals surface area contributed by atoms with Crippen LogP contribution in [0.15, 0.2) is 54.9 Å². The molecular formula is C20H20N4O2. The Kier molecular flexibility index (Phi) is 5.12. The minimum atomic E-state index is -0.319. The molecule has 26 heavy (non-hydrogen) atoms. The average molecular weight is 348 g/mol. The molecule has 0 radical (unpaired) electrons. The first kappa shape index (κ1) is 17.4. The maximum absolute atomic E-state index is 12.3. The maximum atomic E-state index is 12.3. The largest absolute Gasteiger partial charge is 0.497 e. The van der Waals surface area contributed by atoms with Crippen molar-refractivity contribution in [3.8, 4) is 5.75 Å². The van der Waals surface area contributed by atoms with Gasteiger partial charge in [0, 0.05) is 11.4 Å². The molecule has 0 saturated carbocycles. The van der Waals surface area contributed by atoms with Gasteiger partial charge in [-0.1, -0.05) is 12.1 Å². The quantitative estimate of drug-likeness (QED) is 0.726. The van der Waals surface area contributed by atoms with E-state index in [4.69, 9.17) is 4.74 Å². The summed E-state index contributed by atoms with van der Waals surface area (Å²) in [6, 6.07) is 13.2. The number of nitrogens with one attached hydrogen (secondary N) is 2. The van der Waals surface area contributed by atoms with Crippen LogP contribution >= 0.6 is 0 Å². The van der Waals surface area contributed by atoms with Crippen molar-refractivity contribution in [3.63, 3.8) is 0 Å². The number of aromatic nitrogens is 2. The second-order valence-corrected chi connectivity index (χ2v) is 5.91. The van der Waals surface area contributed by atoms with E-state index < -0.39 is 0 Å². The molecule has 132 valence electrons. The zero-order valence-electron chi connectivity index (χ0n) is 14.9. The summed E-state index contributed by atoms with van der Waals surface area (Å²) in [5, 5.41) is 6.00. The number of nitrogens with zero attached hydrogens (tertiary/aromatic N) is 2. The molecule has 0 bridgehead atoms. The molecule has 2 N–H and O–H groups in total. The summed E-state index contributed by atoms with van der Waals surface area (Å²) in [4.78, 5) is 20.7. The third-order valence-corrected chi connectivity index (χ3v) is 3.89. The van der Waals surface area contributed by atoms with Gasteiger partial charge in [-0.3, -0.25) is 4.79 Å². The zero-order chi connectivity index (χ0) is 18.5. The van der Waals surface area contributed by atoms with Gasteiger partial charge in [-0.05, 0) is 55.3 Å². The minimum Gasteiger partial charge on any atom is -0.497 e. The van der Waals surface area contributed by atoms with Crippen LogP contribution in [0.3, 0.4) is 0 Å². The topological polar surface area (TPSA) is 76.1 Å². The minimum absolute atomic E-state index is 0.243. The molecule has 0 unspecified atom stereocenters. The van der Waals surface area contributed by atoms with E-state index in [9.17, 15) is 4.79 Å². The van der Waals surface area contributed by atoms with Gasteiger partial charge in [-0.2, -0.15) is 0 Å². The number of rotatable bonds is 5. The van der Waals surface area contributed by atoms with Crippen LogP contribution in [0.5, 0.6) is 5.75 Å². The van der Waals surface area contributed by atoms with Crippen molar-refractivity contribution in [3.05, 3.63) is 71.7 Å². The Labute approximate surface area is 152 Å². The monoisotopic (exact) mass is 348 g/mol. The van der Waals surface area contributed by atoms with Crippen LogP contribution in [-0.2, 0) is 0 Å². The van der Waals surface area contributed by atoms with Crippen molar-refractivity contribution in [1.29, 1.82) is 0 Å². The lowest BCUT2D eigenvalue weighted by Gasteiger charge is -2.10. The number of amides is 1. The first-order valence-corrected chi connectivity index (χ1v) is 8.17. The van der Waals surface area contributed by atoms with Crippen LogP contribution in [-0.4, -0.2) is 23.0 Å². The molecule has 0 saturated heterocycles. The highest BCUT2D eigenvalue weighted by Crippen LogP contribution is 2.20. The smallest absolute Gasteiger partial charge is 0.275 e. The van der Waals surface area contributed by atoms with Gasteiger partial charge in [0.2, 0.25) is 0 Å². The molecule has 3 aromatic rings. The first-order valence-electron chi connectivity index (χ1n) is 8.17. The summed E-state index contributed by atoms with van der Waals surface area (Å²) in [5.74, 6) is 0.991. The molecule has 0 aliphatic rings. The van der Waals surface area contributed by atoms with Gasteiger partial charge in [0.1, 0.15) is 17.3 Å². The molecule has 1 amide bonds. The highest BCUT2D eigenvalue weighted by Gasteiger charge is 2.09. The first-order chi connectivity index (χ1) is 12.5. The Hall–Kier alpha value is -3.41. The van der Waals surface area contributed by atoms with Crippen molar-refractivity contribution in [2.24, 2.45) is 0 Å². The third-order valence-electron chi connectivity index (χ3n) is 3.89. The number of methoxy groups -OCH3 is 1. The number of anilines is 3. The summed E-state index contributed by atoms with van der Waals surface area (Å²) in [5.41, 5.74) is 4.14. The van der Waals surface area contributed by atoms with Crippen LogP contribution in [0.25, 0.3) is 0 Å². The number of benzene rings is 2. The SMILES string of the molecule is COc1ccc(NC(=O)c2cnc(Nc3cc(C)ccc3C)cn2)cc1. The second kappa shape index (κ2) is 7.65. The normalized spacial score (nSPS) is 10.3. The van der Waals surface area contributed by atoms with E-state index in [2.05, 4.69) is 26.7 Å². The van der Waals surface area contributed by atoms with Crippen molar-refractivity contribution in [1.82, 2.24) is 9.97 Å². The number of carbonyl (C=O) groups excluding carboxylic acids is 1. The van der Waals surface area contributed by atoms with Crippen molar-refractivity contribution in [2.45, 2.75) is 13.8 Å². The Morgan fingerprint density at radius 3 is 2.42 bits per heavy atom. The number of hydrogen-bond acceptors (Lipinski definition) is 5. The standard InChI is InChI=1S/C20H20N4O2/c1-13-4-5-14(2)17(10-13)24-19-12-21-18(11-22-19)20(25)23-15-6-8-16(26-3)9-7-15/h4-12H,1-3H3,(H,22,24)(H,23,25). The van der Waals surface area contributed by atoms with Gasteiger partial charge in [0.25, 0.3) is 5.91 Å². The van der Waals surface area contributed by atoms with E-state index >= 15 is 0 Å². The lowest BCUT2D eigenvalue weighted by atomic mass is 10.1. The molecule has 0 atom stereocenters. The van der Waals surface area contributed by atoms with Crippen LogP contribution in [0.1, 0.15) is 21.6 Å². The predicted octanol–water partition coefficient (Wildman–Crippen LogP) is 4.10. The zero-order valence-corrected chi connectivity index (χ0v) is 14.9. The fourth-order valence-electron chi connectivity index (χ4n) is 2.39. The van der Waals surface area contributed by atoms with E-state index in [1.54, 1.807) is 37.6 Å². The molecule has 0 fully saturated rings. The summed E-state index contributed by atoms with van der Waals surface area (Å²) in [6.45, 7) is 4.05. The predicted molar refractivity (Wildman–Crippen MR) is 102 cm³/mol. The average Bonchev–Trinajstić information content (AvgIpc) is 2.66. The fourth-order valence-corrected chi connectivity index (χ4v) is 2.39. The molecule has 6 heteroatoms. The van der Waals surface area contributed by atoms with E-state index in [1.165, 1.54) is 6.20 Å². The summed E-state index contributed by atoms with van der Waals surface area (Å²) >= 11 is 0. The molecule has 0 aliphatic carbocycles. The lowest BCUT2D eigenvalue weighted by molar-refractivity contribution is 0.102. The Bertz CT molecular complexity index is 906. The van der Waals surface area contributed by atoms with E-state index in [0.717, 1.165) is 22.6 Å². The number of ether oxygens (including phenoxy) is 1. The second-order valence-electron chi connectivity index (χ2n) is 5.91. The molecule has 1 heterocycles. The molecule has 6 nitrogen and oxygen atoms in total. The maximum Gasteiger partial charge on any atom is 0.275 e. The molecule has 0 spiro atoms. The molecule has 1 aromatic heterocycles. The van der Waals surface area contributed by atoms with Crippen molar-refractivity contribution in [2.75, 3.05) is 17.7 Å². The highest BCUT2D eigenvalue weighted by molar-refractivity contribution is 6.02. The summed E-state index contributed by atoms with van der Waals surface area (Å²) < 4.78 is 5.09. The van der Waals surface area contributed by atoms with Crippen LogP contribution in [0.4, 0.5) is 17.2 Å². The van der Waals surface area contributed by atoms with Crippen molar-refractivity contribution < 1.29 is 9.53 Å². The number of carbonyl (C=O) groups is 1. The Morgan fingerprint density at radius 1 is 1.00 bits per heavy atom. The van der Waals surface area contributed by atoms with E-state index in [-0.39, 0.29) is 11.6 Å². The molecular weight excluding hydrogens is 328 g/mol. The van der Waals surface area contributed by atoms with Gasteiger partial charge in [-0.25, -0.2) is 9.97 Å². The van der Waals surface area contributed by atoms with Crippen LogP contribution in [0, 0.1) is 13.8 Å². The number of hydrogen-bond donors (Lipinski definition) is 2. The molecule has 3 rings (SSSR count). The fraction of sp³-hybridized carbons (Fsp3) is 0.150. The van der Waals surface area contributed by atoms with E-state index in [0.29, 0.717) is 11.5 Å². The van der Waals surface area contributed by atoms with Gasteiger partial charge in [0.05, 0.1) is 19.5 Å². The molecule has 2 aromatic carbocycles. The van der Waals surface area contributed by atoms with Crippen LogP contribution in [0.2, 0.25) is 0 Å². The third kappa shape index (κ3) is 4.16. The summed E-state index contributed by atoms with van der Waals surface area (Å²) in [6.07, 6.45) is 3.00. The van der Waals surface area contributed by atoms with Crippen LogP contribution < -0.4 is 15.4 Å². The Morgan fingerprint density at radius 2 is 1.77 bits per heavy atom. The van der Waals surface area contributed by atoms with E-state index in [1.807, 2.05) is 26.0 Å². The molecule has 0 aliphatic heterocycles. The van der Waals surface area contributed by atoms with Gasteiger partial charge < -0.3 is 15.4 Å². The van der Waals surface area contributed by atoms with Crippen molar-refractivity contribution >= 4 is 23.1 Å². The highest BCUT2D eigenvalue weighted by atomic mass is 16.5. The summed E-state index contributed by atoms with van der Waals surface area (Å²) in [7, 11) is 1.59.